The molecule has 38 heavy (non-hydrogen) atoms. The highest BCUT2D eigenvalue weighted by Gasteiger charge is 2.24. The molecule has 234 valence electrons. The third-order valence-electron chi connectivity index (χ3n) is 5.18. The van der Waals surface area contributed by atoms with E-state index in [4.69, 9.17) is 0 Å². The van der Waals surface area contributed by atoms with Crippen LogP contribution in [-0.2, 0) is 0 Å². The number of allylic oxidation sites excluding steroid dienone is 1. The second kappa shape index (κ2) is 30.2. The van der Waals surface area contributed by atoms with Gasteiger partial charge in [0.25, 0.3) is 4.83 Å². The zero-order chi connectivity index (χ0) is 30.5. The first-order chi connectivity index (χ1) is 17.4. The molecule has 0 aliphatic heterocycles. The van der Waals surface area contributed by atoms with Crippen LogP contribution in [-0.4, -0.2) is 21.5 Å². The largest absolute Gasteiger partial charge is 0.298 e. The van der Waals surface area contributed by atoms with E-state index in [9.17, 15) is 26.3 Å². The van der Waals surface area contributed by atoms with Crippen molar-refractivity contribution in [3.05, 3.63) is 12.7 Å². The average Bonchev–Trinajstić information content (AvgIpc) is 2.75. The summed E-state index contributed by atoms with van der Waals surface area (Å²) in [5.41, 5.74) is 0. The van der Waals surface area contributed by atoms with Gasteiger partial charge in [-0.3, -0.25) is 0 Å². The van der Waals surface area contributed by atoms with Crippen molar-refractivity contribution in [3.63, 3.8) is 0 Å². The van der Waals surface area contributed by atoms with Crippen molar-refractivity contribution in [1.29, 1.82) is 0 Å². The normalized spacial score (nSPS) is 12.3. The van der Waals surface area contributed by atoms with Crippen LogP contribution in [0.4, 0.5) is 26.3 Å². The molecule has 0 nitrogen and oxygen atoms in total. The van der Waals surface area contributed by atoms with Crippen molar-refractivity contribution < 1.29 is 26.3 Å². The van der Waals surface area contributed by atoms with Crippen LogP contribution in [0.25, 0.3) is 0 Å². The summed E-state index contributed by atoms with van der Waals surface area (Å²) in [6.45, 7) is 12.9. The molecule has 8 heteroatoms. The second-order valence-corrected chi connectivity index (χ2v) is 12.9. The molecule has 0 radical (unpaired) electrons. The fraction of sp³-hybridized carbons (Fsp3) is 0.933. The Morgan fingerprint density at radius 3 is 1.37 bits per heavy atom. The fourth-order valence-corrected chi connectivity index (χ4v) is 4.11. The van der Waals surface area contributed by atoms with Gasteiger partial charge in [0, 0.05) is 24.6 Å². The number of alkyl halides is 8. The summed E-state index contributed by atoms with van der Waals surface area (Å²) in [5.74, 6) is -4.98. The van der Waals surface area contributed by atoms with E-state index in [1.165, 1.54) is 64.2 Å². The molecule has 1 unspecified atom stereocenters. The summed E-state index contributed by atoms with van der Waals surface area (Å²) < 4.78 is 71.5. The predicted molar refractivity (Wildman–Crippen MR) is 164 cm³/mol. The molecule has 0 aromatic rings. The first-order valence-electron chi connectivity index (χ1n) is 14.5. The van der Waals surface area contributed by atoms with Crippen LogP contribution in [0.5, 0.6) is 0 Å². The molecule has 0 amide bonds. The molecule has 0 fully saturated rings. The molecule has 0 rings (SSSR count). The molecule has 0 aromatic carbocycles. The Bertz CT molecular complexity index is 451. The lowest BCUT2D eigenvalue weighted by Crippen LogP contribution is -2.16. The highest BCUT2D eigenvalue weighted by atomic mass is 79.9. The van der Waals surface area contributed by atoms with Crippen LogP contribution in [0.3, 0.4) is 0 Å². The van der Waals surface area contributed by atoms with Crippen molar-refractivity contribution in [1.82, 2.24) is 0 Å². The topological polar surface area (TPSA) is 0 Å². The van der Waals surface area contributed by atoms with E-state index in [0.29, 0.717) is 6.42 Å². The first kappa shape index (κ1) is 45.3. The lowest BCUT2D eigenvalue weighted by molar-refractivity contribution is 0.0101. The van der Waals surface area contributed by atoms with E-state index >= 15 is 0 Å². The molecule has 0 N–H and O–H groups in total. The monoisotopic (exact) mass is 690 g/mol. The van der Waals surface area contributed by atoms with Gasteiger partial charge in [-0.05, 0) is 55.5 Å². The predicted octanol–water partition coefficient (Wildman–Crippen LogP) is 14.3. The van der Waals surface area contributed by atoms with Gasteiger partial charge in [0.1, 0.15) is 0 Å². The second-order valence-electron chi connectivity index (χ2n) is 10.2. The van der Waals surface area contributed by atoms with E-state index in [1.54, 1.807) is 0 Å². The van der Waals surface area contributed by atoms with E-state index in [0.717, 1.165) is 52.9 Å². The molecule has 0 aliphatic rings. The maximum Gasteiger partial charge on any atom is 0.298 e. The average molecular weight is 693 g/mol. The Balaban J connectivity index is -0.000000214. The SMILES string of the molecule is C=CCCCCCC.CC(F)(F)Br.CCCCCCC(Br)CC(C)(F)F.CCCCCCCCC(C)(F)F. The van der Waals surface area contributed by atoms with Gasteiger partial charge in [-0.15, -0.1) is 6.58 Å². The van der Waals surface area contributed by atoms with Gasteiger partial charge < -0.3 is 0 Å². The van der Waals surface area contributed by atoms with Crippen molar-refractivity contribution in [3.8, 4) is 0 Å². The quantitative estimate of drug-likeness (QED) is 0.0547. The Morgan fingerprint density at radius 1 is 0.632 bits per heavy atom. The Hall–Kier alpha value is 0.280. The van der Waals surface area contributed by atoms with Gasteiger partial charge in [-0.2, -0.15) is 8.78 Å². The minimum atomic E-state index is -2.69. The van der Waals surface area contributed by atoms with E-state index < -0.39 is 16.7 Å². The van der Waals surface area contributed by atoms with E-state index in [1.807, 2.05) is 22.0 Å². The number of hydrogen-bond donors (Lipinski definition) is 0. The lowest BCUT2D eigenvalue weighted by atomic mass is 10.1. The molecular formula is C30H58Br2F6. The number of unbranched alkanes of at least 4 members (excludes halogenated alkanes) is 12. The summed E-state index contributed by atoms with van der Waals surface area (Å²) in [6, 6.07) is 0. The van der Waals surface area contributed by atoms with Crippen molar-refractivity contribution >= 4 is 31.9 Å². The zero-order valence-corrected chi connectivity index (χ0v) is 28.3. The summed E-state index contributed by atoms with van der Waals surface area (Å²) in [4.78, 5) is -2.71. The summed E-state index contributed by atoms with van der Waals surface area (Å²) >= 11 is 5.33. The molecule has 0 heterocycles. The van der Waals surface area contributed by atoms with Crippen molar-refractivity contribution in [2.24, 2.45) is 0 Å². The van der Waals surface area contributed by atoms with Gasteiger partial charge in [0.15, 0.2) is 0 Å². The molecule has 0 aliphatic carbocycles. The third-order valence-corrected chi connectivity index (χ3v) is 5.96. The van der Waals surface area contributed by atoms with Crippen molar-refractivity contribution in [2.75, 3.05) is 0 Å². The standard InChI is InChI=1S/C10H19BrF2.C10H20F2.C8H16.C2H3BrF2/c1-3-4-5-6-7-9(11)8-10(2,12)13;1-3-4-5-6-7-8-9-10(2,11)12;1-3-5-7-8-6-4-2;1-2(3,4)5/h9H,3-8H2,1-2H3;3-9H2,1-2H3;3H,1,4-8H2,2H3;1H3. The minimum absolute atomic E-state index is 0.0237. The molecule has 0 aromatic heterocycles. The fourth-order valence-electron chi connectivity index (χ4n) is 3.21. The van der Waals surface area contributed by atoms with Gasteiger partial charge in [0.2, 0.25) is 11.8 Å². The van der Waals surface area contributed by atoms with Crippen LogP contribution >= 0.6 is 31.9 Å². The lowest BCUT2D eigenvalue weighted by Gasteiger charge is -2.14. The van der Waals surface area contributed by atoms with Crippen LogP contribution in [0.15, 0.2) is 12.7 Å². The van der Waals surface area contributed by atoms with Crippen molar-refractivity contribution in [2.45, 2.75) is 179 Å². The Kier molecular flexibility index (Phi) is 36.0. The molecule has 0 bridgehead atoms. The van der Waals surface area contributed by atoms with Crippen LogP contribution < -0.4 is 0 Å². The van der Waals surface area contributed by atoms with Gasteiger partial charge >= 0.3 is 0 Å². The molecule has 1 atom stereocenters. The summed E-state index contributed by atoms with van der Waals surface area (Å²) in [6.07, 6.45) is 20.5. The highest BCUT2D eigenvalue weighted by molar-refractivity contribution is 9.10. The molecule has 0 saturated carbocycles. The van der Waals surface area contributed by atoms with E-state index in [-0.39, 0.29) is 17.7 Å². The Labute approximate surface area is 248 Å². The highest BCUT2D eigenvalue weighted by Crippen LogP contribution is 2.26. The Morgan fingerprint density at radius 2 is 1.00 bits per heavy atom. The summed E-state index contributed by atoms with van der Waals surface area (Å²) in [5, 5.41) is 0. The minimum Gasteiger partial charge on any atom is -0.207 e. The smallest absolute Gasteiger partial charge is 0.207 e. The van der Waals surface area contributed by atoms with Gasteiger partial charge in [0.05, 0.1) is 0 Å². The maximum atomic E-state index is 12.5. The van der Waals surface area contributed by atoms with Gasteiger partial charge in [-0.25, -0.2) is 17.6 Å². The van der Waals surface area contributed by atoms with Crippen LogP contribution in [0, 0.1) is 0 Å². The third kappa shape index (κ3) is 70.7. The molecule has 0 spiro atoms. The van der Waals surface area contributed by atoms with Crippen LogP contribution in [0.2, 0.25) is 0 Å². The molecule has 0 saturated heterocycles. The zero-order valence-electron chi connectivity index (χ0n) is 25.1. The first-order valence-corrected chi connectivity index (χ1v) is 16.2. The van der Waals surface area contributed by atoms with E-state index in [2.05, 4.69) is 43.3 Å². The van der Waals surface area contributed by atoms with Crippen LogP contribution in [0.1, 0.15) is 157 Å². The summed E-state index contributed by atoms with van der Waals surface area (Å²) in [7, 11) is 0. The van der Waals surface area contributed by atoms with Gasteiger partial charge in [-0.1, -0.05) is 120 Å². The number of rotatable bonds is 19. The maximum absolute atomic E-state index is 12.5. The number of halogens is 8. The number of hydrogen-bond acceptors (Lipinski definition) is 0. The molecular weight excluding hydrogens is 634 g/mol.